The highest BCUT2D eigenvalue weighted by atomic mass is 16.6. The lowest BCUT2D eigenvalue weighted by atomic mass is 9.74. The number of benzene rings is 1. The number of rotatable bonds is 2. The van der Waals surface area contributed by atoms with Crippen molar-refractivity contribution in [2.45, 2.75) is 18.4 Å². The number of fused-ring (bicyclic) bond motifs is 2. The summed E-state index contributed by atoms with van der Waals surface area (Å²) in [6, 6.07) is 6.58. The van der Waals surface area contributed by atoms with Gasteiger partial charge in [-0.2, -0.15) is 0 Å². The van der Waals surface area contributed by atoms with Gasteiger partial charge in [0.15, 0.2) is 0 Å². The molecule has 1 aromatic rings. The first-order valence-corrected chi connectivity index (χ1v) is 6.87. The monoisotopic (exact) mass is 288 g/mol. The van der Waals surface area contributed by atoms with E-state index in [1.807, 2.05) is 12.1 Å². The maximum atomic E-state index is 11.9. The molecule has 0 radical (unpaired) electrons. The van der Waals surface area contributed by atoms with Gasteiger partial charge in [-0.05, 0) is 17.9 Å². The highest BCUT2D eigenvalue weighted by molar-refractivity contribution is 5.69. The summed E-state index contributed by atoms with van der Waals surface area (Å²) < 4.78 is 4.83. The van der Waals surface area contributed by atoms with Crippen LogP contribution in [0.3, 0.4) is 0 Å². The Morgan fingerprint density at radius 3 is 2.90 bits per heavy atom. The number of piperidine rings is 1. The van der Waals surface area contributed by atoms with Gasteiger partial charge in [-0.25, -0.2) is 4.79 Å². The first kappa shape index (κ1) is 13.6. The maximum Gasteiger partial charge on any atom is 0.410 e. The first-order valence-electron chi connectivity index (χ1n) is 6.87. The van der Waals surface area contributed by atoms with Gasteiger partial charge in [0, 0.05) is 24.6 Å². The number of carbonyl (C=O) groups is 1. The molecule has 4 rings (SSSR count). The number of hydrogen-bond acceptors (Lipinski definition) is 4. The van der Waals surface area contributed by atoms with Crippen molar-refractivity contribution in [3.63, 3.8) is 0 Å². The molecule has 1 aliphatic carbocycles. The Bertz CT molecular complexity index is 613. The molecule has 1 aromatic carbocycles. The van der Waals surface area contributed by atoms with Crippen molar-refractivity contribution in [1.82, 2.24) is 4.90 Å². The van der Waals surface area contributed by atoms with Crippen LogP contribution in [0.2, 0.25) is 0 Å². The second kappa shape index (κ2) is 5.20. The molecule has 3 aliphatic rings. The van der Waals surface area contributed by atoms with Crippen molar-refractivity contribution in [1.29, 1.82) is 0 Å². The van der Waals surface area contributed by atoms with Gasteiger partial charge < -0.3 is 9.64 Å². The van der Waals surface area contributed by atoms with Crippen molar-refractivity contribution in [3.8, 4) is 0 Å². The molecule has 21 heavy (non-hydrogen) atoms. The minimum Gasteiger partial charge on any atom is -0.453 e. The van der Waals surface area contributed by atoms with Gasteiger partial charge >= 0.3 is 6.09 Å². The predicted octanol–water partition coefficient (Wildman–Crippen LogP) is 2.71. The second-order valence-corrected chi connectivity index (χ2v) is 5.45. The number of nitro benzene ring substituents is 1. The third kappa shape index (κ3) is 2.37. The number of nitro groups is 1. The number of nitrogens with zero attached hydrogens (tertiary/aromatic N) is 2. The van der Waals surface area contributed by atoms with Crippen LogP contribution in [0.25, 0.3) is 0 Å². The van der Waals surface area contributed by atoms with E-state index in [4.69, 9.17) is 4.74 Å². The Kier molecular flexibility index (Phi) is 3.37. The molecule has 2 bridgehead atoms. The number of amides is 1. The molecule has 6 nitrogen and oxygen atoms in total. The van der Waals surface area contributed by atoms with Crippen molar-refractivity contribution >= 4 is 11.8 Å². The summed E-state index contributed by atoms with van der Waals surface area (Å²) in [5, 5.41) is 10.9. The minimum absolute atomic E-state index is 0.0766. The fourth-order valence-electron chi connectivity index (χ4n) is 3.30. The van der Waals surface area contributed by atoms with Gasteiger partial charge in [0.25, 0.3) is 5.69 Å². The molecule has 6 heteroatoms. The molecule has 1 amide bonds. The molecule has 3 atom stereocenters. The summed E-state index contributed by atoms with van der Waals surface area (Å²) in [7, 11) is 1.37. The second-order valence-electron chi connectivity index (χ2n) is 5.45. The Morgan fingerprint density at radius 2 is 2.24 bits per heavy atom. The van der Waals surface area contributed by atoms with Crippen molar-refractivity contribution < 1.29 is 14.5 Å². The number of carbonyl (C=O) groups excluding carboxylic acids is 1. The van der Waals surface area contributed by atoms with Crippen LogP contribution in [0.4, 0.5) is 10.5 Å². The molecular weight excluding hydrogens is 272 g/mol. The van der Waals surface area contributed by atoms with Gasteiger partial charge in [-0.3, -0.25) is 10.1 Å². The third-order valence-electron chi connectivity index (χ3n) is 4.26. The molecule has 2 heterocycles. The van der Waals surface area contributed by atoms with Crippen LogP contribution >= 0.6 is 0 Å². The van der Waals surface area contributed by atoms with E-state index < -0.39 is 4.92 Å². The number of methoxy groups -OCH3 is 1. The van der Waals surface area contributed by atoms with Crippen LogP contribution in [0.15, 0.2) is 36.4 Å². The van der Waals surface area contributed by atoms with Gasteiger partial charge in [-0.15, -0.1) is 0 Å². The average Bonchev–Trinajstić information content (AvgIpc) is 2.54. The standard InChI is InChI=1S/C15H16N2O4/c1-21-15(18)16-9-10-5-6-14(16)13(7-10)11-3-2-4-12(8-11)17(19)20/h2-6,8,10,13-14H,7,9H2,1H3/t10-,13+,14+/m1/s1. The largest absolute Gasteiger partial charge is 0.453 e. The molecule has 110 valence electrons. The number of hydrogen-bond donors (Lipinski definition) is 0. The lowest BCUT2D eigenvalue weighted by molar-refractivity contribution is -0.384. The number of ether oxygens (including phenoxy) is 1. The highest BCUT2D eigenvalue weighted by Crippen LogP contribution is 2.41. The molecule has 0 aromatic heterocycles. The summed E-state index contributed by atoms with van der Waals surface area (Å²) in [5.41, 5.74) is 0.986. The zero-order valence-electron chi connectivity index (χ0n) is 11.6. The topological polar surface area (TPSA) is 72.7 Å². The van der Waals surface area contributed by atoms with E-state index in [2.05, 4.69) is 6.08 Å². The van der Waals surface area contributed by atoms with Gasteiger partial charge in [0.05, 0.1) is 18.1 Å². The zero-order valence-corrected chi connectivity index (χ0v) is 11.6. The third-order valence-corrected chi connectivity index (χ3v) is 4.26. The Morgan fingerprint density at radius 1 is 1.43 bits per heavy atom. The van der Waals surface area contributed by atoms with Gasteiger partial charge in [-0.1, -0.05) is 24.3 Å². The first-order chi connectivity index (χ1) is 10.1. The Balaban J connectivity index is 1.92. The van der Waals surface area contributed by atoms with Crippen LogP contribution in [-0.2, 0) is 4.74 Å². The van der Waals surface area contributed by atoms with Crippen molar-refractivity contribution in [2.75, 3.05) is 13.7 Å². The van der Waals surface area contributed by atoms with Gasteiger partial charge in [0.2, 0.25) is 0 Å². The normalized spacial score (nSPS) is 26.7. The molecule has 0 saturated carbocycles. The van der Waals surface area contributed by atoms with E-state index in [9.17, 15) is 14.9 Å². The molecule has 0 N–H and O–H groups in total. The SMILES string of the molecule is COC(=O)N1C[C@@H]2C=C[C@H]1[C@H](c1cccc([N+](=O)[O-])c1)C2. The fourth-order valence-corrected chi connectivity index (χ4v) is 3.30. The van der Waals surface area contributed by atoms with E-state index >= 15 is 0 Å². The van der Waals surface area contributed by atoms with Crippen LogP contribution in [0.1, 0.15) is 17.9 Å². The smallest absolute Gasteiger partial charge is 0.410 e. The quantitative estimate of drug-likeness (QED) is 0.476. The zero-order chi connectivity index (χ0) is 15.0. The maximum absolute atomic E-state index is 11.9. The predicted molar refractivity (Wildman–Crippen MR) is 76.0 cm³/mol. The molecule has 0 unspecified atom stereocenters. The van der Waals surface area contributed by atoms with Crippen molar-refractivity contribution in [2.24, 2.45) is 5.92 Å². The summed E-state index contributed by atoms with van der Waals surface area (Å²) in [4.78, 5) is 24.1. The average molecular weight is 288 g/mol. The fraction of sp³-hybridized carbons (Fsp3) is 0.400. The summed E-state index contributed by atoms with van der Waals surface area (Å²) >= 11 is 0. The summed E-state index contributed by atoms with van der Waals surface area (Å²) in [5.74, 6) is 0.353. The van der Waals surface area contributed by atoms with E-state index in [1.165, 1.54) is 13.2 Å². The number of non-ortho nitro benzene ring substituents is 1. The van der Waals surface area contributed by atoms with Crippen LogP contribution in [0, 0.1) is 16.0 Å². The van der Waals surface area contributed by atoms with E-state index in [0.29, 0.717) is 6.54 Å². The van der Waals surface area contributed by atoms with Crippen LogP contribution in [0.5, 0.6) is 0 Å². The van der Waals surface area contributed by atoms with Crippen LogP contribution in [-0.4, -0.2) is 35.6 Å². The molecular formula is C15H16N2O4. The summed E-state index contributed by atoms with van der Waals surface area (Å²) in [6.45, 7) is 0.652. The summed E-state index contributed by atoms with van der Waals surface area (Å²) in [6.07, 6.45) is 4.69. The van der Waals surface area contributed by atoms with Crippen LogP contribution < -0.4 is 0 Å². The minimum atomic E-state index is -0.390. The Hall–Kier alpha value is -2.37. The molecule has 0 spiro atoms. The van der Waals surface area contributed by atoms with Crippen molar-refractivity contribution in [3.05, 3.63) is 52.1 Å². The lowest BCUT2D eigenvalue weighted by Crippen LogP contribution is -2.51. The van der Waals surface area contributed by atoms with E-state index in [-0.39, 0.29) is 29.7 Å². The van der Waals surface area contributed by atoms with E-state index in [1.54, 1.807) is 17.0 Å². The molecule has 1 saturated heterocycles. The lowest BCUT2D eigenvalue weighted by Gasteiger charge is -2.45. The Labute approximate surface area is 122 Å². The molecule has 1 fully saturated rings. The highest BCUT2D eigenvalue weighted by Gasteiger charge is 2.41. The van der Waals surface area contributed by atoms with E-state index in [0.717, 1.165) is 12.0 Å². The van der Waals surface area contributed by atoms with Gasteiger partial charge in [0.1, 0.15) is 0 Å². The molecule has 2 aliphatic heterocycles.